The summed E-state index contributed by atoms with van der Waals surface area (Å²) in [6.07, 6.45) is 0.847. The zero-order valence-electron chi connectivity index (χ0n) is 15.8. The first-order valence-corrected chi connectivity index (χ1v) is 11.2. The summed E-state index contributed by atoms with van der Waals surface area (Å²) in [5.41, 5.74) is 0.829. The summed E-state index contributed by atoms with van der Waals surface area (Å²) in [7, 11) is 1.29. The van der Waals surface area contributed by atoms with Crippen molar-refractivity contribution in [3.05, 3.63) is 29.8 Å². The summed E-state index contributed by atoms with van der Waals surface area (Å²) in [5.74, 6) is -1.90. The van der Waals surface area contributed by atoms with Crippen molar-refractivity contribution in [2.75, 3.05) is 12.4 Å². The van der Waals surface area contributed by atoms with Gasteiger partial charge in [-0.2, -0.15) is 0 Å². The number of carbonyl (C=O) groups is 4. The summed E-state index contributed by atoms with van der Waals surface area (Å²) in [4.78, 5) is 51.7. The lowest BCUT2D eigenvalue weighted by Gasteiger charge is -2.28. The summed E-state index contributed by atoms with van der Waals surface area (Å²) < 4.78 is 4.65. The largest absolute Gasteiger partial charge is 0.465 e. The number of nitrogens with one attached hydrogen (secondary N) is 1. The topological polar surface area (TPSA) is 92.8 Å². The summed E-state index contributed by atoms with van der Waals surface area (Å²) >= 11 is 7.31. The van der Waals surface area contributed by atoms with E-state index in [1.807, 2.05) is 0 Å². The SMILES string of the molecule is COC(=O)c1ccc(NC(=O)[C@H](C)N2C(=O)[C@@H]3[C@H]4C[C@@H]([C@@H](Br)[C@H]4Br)[C@H]3C2=O)cc1. The number of carbonyl (C=O) groups excluding carboxylic acids is 4. The van der Waals surface area contributed by atoms with Crippen LogP contribution in [0, 0.1) is 23.7 Å². The molecule has 1 aromatic rings. The summed E-state index contributed by atoms with van der Waals surface area (Å²) in [6, 6.07) is 5.30. The number of benzene rings is 1. The van der Waals surface area contributed by atoms with Gasteiger partial charge in [-0.25, -0.2) is 4.79 Å². The second-order valence-electron chi connectivity index (χ2n) is 7.78. The van der Waals surface area contributed by atoms with Crippen LogP contribution in [0.5, 0.6) is 0 Å². The third-order valence-electron chi connectivity index (χ3n) is 6.36. The maximum atomic E-state index is 13.0. The van der Waals surface area contributed by atoms with Crippen LogP contribution in [0.4, 0.5) is 5.69 Å². The Morgan fingerprint density at radius 3 is 2.07 bits per heavy atom. The van der Waals surface area contributed by atoms with Crippen molar-refractivity contribution in [3.63, 3.8) is 0 Å². The van der Waals surface area contributed by atoms with E-state index in [2.05, 4.69) is 41.9 Å². The monoisotopic (exact) mass is 526 g/mol. The van der Waals surface area contributed by atoms with Gasteiger partial charge in [0, 0.05) is 15.3 Å². The number of halogens is 2. The zero-order valence-corrected chi connectivity index (χ0v) is 19.0. The van der Waals surface area contributed by atoms with Crippen LogP contribution in [0.2, 0.25) is 0 Å². The lowest BCUT2D eigenvalue weighted by atomic mass is 9.81. The van der Waals surface area contributed by atoms with Crippen LogP contribution < -0.4 is 5.32 Å². The van der Waals surface area contributed by atoms with Gasteiger partial charge in [-0.15, -0.1) is 0 Å². The van der Waals surface area contributed by atoms with Crippen LogP contribution in [0.1, 0.15) is 23.7 Å². The fraction of sp³-hybridized carbons (Fsp3) is 0.500. The molecule has 7 nitrogen and oxygen atoms in total. The number of rotatable bonds is 4. The van der Waals surface area contributed by atoms with E-state index in [-0.39, 0.29) is 45.1 Å². The van der Waals surface area contributed by atoms with E-state index >= 15 is 0 Å². The minimum Gasteiger partial charge on any atom is -0.465 e. The molecule has 0 aromatic heterocycles. The molecular formula is C20H20Br2N2O5. The highest BCUT2D eigenvalue weighted by Crippen LogP contribution is 2.60. The van der Waals surface area contributed by atoms with E-state index in [0.717, 1.165) is 11.3 Å². The first-order chi connectivity index (χ1) is 13.8. The van der Waals surface area contributed by atoms with E-state index in [1.165, 1.54) is 19.2 Å². The number of esters is 1. The number of ether oxygens (including phenoxy) is 1. The first-order valence-electron chi connectivity index (χ1n) is 9.40. The lowest BCUT2D eigenvalue weighted by Crippen LogP contribution is -2.46. The number of alkyl halides is 2. The van der Waals surface area contributed by atoms with Gasteiger partial charge in [0.1, 0.15) is 6.04 Å². The van der Waals surface area contributed by atoms with Gasteiger partial charge >= 0.3 is 5.97 Å². The van der Waals surface area contributed by atoms with Crippen molar-refractivity contribution in [1.82, 2.24) is 4.90 Å². The third-order valence-corrected chi connectivity index (χ3v) is 9.57. The normalized spacial score (nSPS) is 33.6. The van der Waals surface area contributed by atoms with E-state index in [1.54, 1.807) is 19.1 Å². The predicted octanol–water partition coefficient (Wildman–Crippen LogP) is 2.58. The Balaban J connectivity index is 1.48. The smallest absolute Gasteiger partial charge is 0.337 e. The van der Waals surface area contributed by atoms with E-state index in [4.69, 9.17) is 0 Å². The molecule has 2 bridgehead atoms. The Hall–Kier alpha value is -1.74. The second kappa shape index (κ2) is 7.50. The number of amides is 3. The molecule has 0 spiro atoms. The number of likely N-dealkylation sites (tertiary alicyclic amines) is 1. The van der Waals surface area contributed by atoms with Crippen molar-refractivity contribution in [2.45, 2.75) is 29.0 Å². The van der Waals surface area contributed by atoms with Crippen LogP contribution in [0.15, 0.2) is 24.3 Å². The van der Waals surface area contributed by atoms with Crippen molar-refractivity contribution in [1.29, 1.82) is 0 Å². The number of anilines is 1. The van der Waals surface area contributed by atoms with Crippen molar-refractivity contribution in [3.8, 4) is 0 Å². The third kappa shape index (κ3) is 3.13. The van der Waals surface area contributed by atoms with Crippen LogP contribution in [-0.2, 0) is 19.1 Å². The average molecular weight is 528 g/mol. The van der Waals surface area contributed by atoms with Gasteiger partial charge in [-0.1, -0.05) is 31.9 Å². The van der Waals surface area contributed by atoms with Crippen LogP contribution >= 0.6 is 31.9 Å². The Morgan fingerprint density at radius 2 is 1.59 bits per heavy atom. The number of nitrogens with zero attached hydrogens (tertiary/aromatic N) is 1. The molecule has 0 radical (unpaired) electrons. The number of hydrogen-bond acceptors (Lipinski definition) is 5. The molecule has 1 N–H and O–H groups in total. The van der Waals surface area contributed by atoms with Gasteiger partial charge in [0.2, 0.25) is 17.7 Å². The summed E-state index contributed by atoms with van der Waals surface area (Å²) in [6.45, 7) is 1.56. The number of hydrogen-bond donors (Lipinski definition) is 1. The molecule has 0 unspecified atom stereocenters. The molecule has 1 saturated heterocycles. The van der Waals surface area contributed by atoms with Gasteiger partial charge in [0.05, 0.1) is 24.5 Å². The Morgan fingerprint density at radius 1 is 1.07 bits per heavy atom. The number of methoxy groups -OCH3 is 1. The molecule has 1 aliphatic heterocycles. The summed E-state index contributed by atoms with van der Waals surface area (Å²) in [5, 5.41) is 2.71. The average Bonchev–Trinajstić information content (AvgIpc) is 3.32. The van der Waals surface area contributed by atoms with Crippen LogP contribution in [0.25, 0.3) is 0 Å². The van der Waals surface area contributed by atoms with Crippen LogP contribution in [-0.4, -0.2) is 51.4 Å². The molecule has 9 heteroatoms. The second-order valence-corrected chi connectivity index (χ2v) is 9.90. The first kappa shape index (κ1) is 20.5. The Bertz CT molecular complexity index is 857. The molecule has 4 rings (SSSR count). The van der Waals surface area contributed by atoms with Gasteiger partial charge in [0.15, 0.2) is 0 Å². The molecule has 154 valence electrons. The predicted molar refractivity (Wildman–Crippen MR) is 112 cm³/mol. The van der Waals surface area contributed by atoms with Crippen molar-refractivity contribution >= 4 is 61.2 Å². The maximum Gasteiger partial charge on any atom is 0.337 e. The van der Waals surface area contributed by atoms with E-state index in [0.29, 0.717) is 11.3 Å². The Kier molecular flexibility index (Phi) is 5.31. The molecule has 1 aromatic carbocycles. The van der Waals surface area contributed by atoms with Gasteiger partial charge in [-0.3, -0.25) is 19.3 Å². The fourth-order valence-electron chi connectivity index (χ4n) is 4.93. The molecule has 3 fully saturated rings. The highest BCUT2D eigenvalue weighted by Gasteiger charge is 2.67. The molecule has 2 saturated carbocycles. The number of fused-ring (bicyclic) bond motifs is 5. The molecule has 1 heterocycles. The van der Waals surface area contributed by atoms with Crippen molar-refractivity contribution < 1.29 is 23.9 Å². The van der Waals surface area contributed by atoms with Gasteiger partial charge < -0.3 is 10.1 Å². The molecule has 2 aliphatic carbocycles. The quantitative estimate of drug-likeness (QED) is 0.369. The molecule has 3 amide bonds. The lowest BCUT2D eigenvalue weighted by molar-refractivity contribution is -0.146. The van der Waals surface area contributed by atoms with Crippen LogP contribution in [0.3, 0.4) is 0 Å². The minimum atomic E-state index is -0.914. The highest BCUT2D eigenvalue weighted by atomic mass is 79.9. The Labute approximate surface area is 184 Å². The van der Waals surface area contributed by atoms with Crippen molar-refractivity contribution in [2.24, 2.45) is 23.7 Å². The maximum absolute atomic E-state index is 13.0. The molecular weight excluding hydrogens is 508 g/mol. The standard InChI is InChI=1S/C20H20Br2N2O5/c1-8(17(25)23-10-5-3-9(4-6-10)20(28)29-2)24-18(26)13-11-7-12(14(13)19(24)27)16(22)15(11)21/h3-6,8,11-16H,7H2,1-2H3,(H,23,25)/t8-,11+,12+,13+,14+,15-,16+/m0/s1. The van der Waals surface area contributed by atoms with Gasteiger partial charge in [0.25, 0.3) is 0 Å². The van der Waals surface area contributed by atoms with Gasteiger partial charge in [-0.05, 0) is 49.4 Å². The molecule has 7 atom stereocenters. The number of imide groups is 1. The molecule has 29 heavy (non-hydrogen) atoms. The van der Waals surface area contributed by atoms with E-state index < -0.39 is 17.9 Å². The fourth-order valence-corrected chi connectivity index (χ4v) is 6.80. The minimum absolute atomic E-state index is 0.108. The van der Waals surface area contributed by atoms with E-state index in [9.17, 15) is 19.2 Å². The highest BCUT2D eigenvalue weighted by molar-refractivity contribution is 9.12. The zero-order chi connectivity index (χ0) is 21.0. The molecule has 3 aliphatic rings.